The van der Waals surface area contributed by atoms with E-state index in [4.69, 9.17) is 14.9 Å². The molecule has 1 aromatic carbocycles. The number of aromatic nitrogens is 2. The van der Waals surface area contributed by atoms with E-state index in [0.29, 0.717) is 11.3 Å². The summed E-state index contributed by atoms with van der Waals surface area (Å²) in [6.45, 7) is 2.03. The maximum absolute atomic E-state index is 12.0. The number of furan rings is 1. The molecule has 108 valence electrons. The normalized spacial score (nSPS) is 11.0. The monoisotopic (exact) mass is 285 g/mol. The molecule has 0 saturated heterocycles. The molecular formula is C15H15N3O3. The maximum Gasteiger partial charge on any atom is 0.374 e. The lowest BCUT2D eigenvalue weighted by atomic mass is 10.2. The smallest absolute Gasteiger partial charge is 0.374 e. The molecule has 0 atom stereocenters. The zero-order valence-corrected chi connectivity index (χ0v) is 11.8. The Morgan fingerprint density at radius 1 is 1.38 bits per heavy atom. The van der Waals surface area contributed by atoms with Gasteiger partial charge in [-0.3, -0.25) is 4.68 Å². The van der Waals surface area contributed by atoms with Crippen LogP contribution in [0.3, 0.4) is 0 Å². The molecule has 0 aliphatic heterocycles. The molecule has 2 N–H and O–H groups in total. The van der Waals surface area contributed by atoms with Gasteiger partial charge in [0.25, 0.3) is 0 Å². The summed E-state index contributed by atoms with van der Waals surface area (Å²) in [6.07, 6.45) is 0. The predicted molar refractivity (Wildman–Crippen MR) is 77.7 cm³/mol. The number of benzene rings is 1. The van der Waals surface area contributed by atoms with Crippen LogP contribution in [-0.4, -0.2) is 15.7 Å². The van der Waals surface area contributed by atoms with Crippen LogP contribution in [0.5, 0.6) is 0 Å². The van der Waals surface area contributed by atoms with Gasteiger partial charge in [0, 0.05) is 18.1 Å². The van der Waals surface area contributed by atoms with Crippen molar-refractivity contribution in [2.75, 3.05) is 5.73 Å². The van der Waals surface area contributed by atoms with Gasteiger partial charge in [0.05, 0.1) is 11.4 Å². The van der Waals surface area contributed by atoms with E-state index in [9.17, 15) is 4.79 Å². The van der Waals surface area contributed by atoms with Crippen LogP contribution in [-0.2, 0) is 18.4 Å². The standard InChI is InChI=1S/C15H15N3O3/c1-9-5-12(18(2)17-9)8-20-15(19)14-7-10-6-11(16)3-4-13(10)21-14/h3-7H,8,16H2,1-2H3. The molecule has 0 unspecified atom stereocenters. The van der Waals surface area contributed by atoms with Crippen LogP contribution in [0, 0.1) is 6.92 Å². The summed E-state index contributed by atoms with van der Waals surface area (Å²) in [5.74, 6) is -0.349. The number of carbonyl (C=O) groups is 1. The van der Waals surface area contributed by atoms with Crippen molar-refractivity contribution in [3.8, 4) is 0 Å². The van der Waals surface area contributed by atoms with Gasteiger partial charge in [-0.2, -0.15) is 5.10 Å². The van der Waals surface area contributed by atoms with E-state index < -0.39 is 5.97 Å². The second-order valence-corrected chi connectivity index (χ2v) is 4.88. The maximum atomic E-state index is 12.0. The third-order valence-electron chi connectivity index (χ3n) is 3.19. The quantitative estimate of drug-likeness (QED) is 0.590. The van der Waals surface area contributed by atoms with Gasteiger partial charge in [-0.15, -0.1) is 0 Å². The number of carbonyl (C=O) groups excluding carboxylic acids is 1. The summed E-state index contributed by atoms with van der Waals surface area (Å²) in [5, 5.41) is 4.97. The molecule has 6 heteroatoms. The summed E-state index contributed by atoms with van der Waals surface area (Å²) in [7, 11) is 1.81. The van der Waals surface area contributed by atoms with E-state index in [0.717, 1.165) is 16.8 Å². The highest BCUT2D eigenvalue weighted by Gasteiger charge is 2.15. The lowest BCUT2D eigenvalue weighted by Gasteiger charge is -2.02. The Bertz CT molecular complexity index is 817. The number of hydrogen-bond donors (Lipinski definition) is 1. The lowest BCUT2D eigenvalue weighted by molar-refractivity contribution is 0.0429. The molecule has 0 spiro atoms. The Morgan fingerprint density at radius 2 is 2.19 bits per heavy atom. The minimum atomic E-state index is -0.511. The number of rotatable bonds is 3. The van der Waals surface area contributed by atoms with Crippen molar-refractivity contribution in [1.82, 2.24) is 9.78 Å². The zero-order chi connectivity index (χ0) is 15.0. The second-order valence-electron chi connectivity index (χ2n) is 4.88. The number of esters is 1. The second kappa shape index (κ2) is 4.97. The topological polar surface area (TPSA) is 83.3 Å². The number of nitrogens with zero attached hydrogens (tertiary/aromatic N) is 2. The number of aryl methyl sites for hydroxylation is 2. The van der Waals surface area contributed by atoms with Gasteiger partial charge in [-0.05, 0) is 37.3 Å². The predicted octanol–water partition coefficient (Wildman–Crippen LogP) is 2.41. The van der Waals surface area contributed by atoms with Crippen LogP contribution in [0.25, 0.3) is 11.0 Å². The van der Waals surface area contributed by atoms with Gasteiger partial charge >= 0.3 is 5.97 Å². The van der Waals surface area contributed by atoms with Crippen LogP contribution in [0.4, 0.5) is 5.69 Å². The molecular weight excluding hydrogens is 270 g/mol. The van der Waals surface area contributed by atoms with Gasteiger partial charge in [-0.1, -0.05) is 0 Å². The number of fused-ring (bicyclic) bond motifs is 1. The summed E-state index contributed by atoms with van der Waals surface area (Å²) in [5.41, 5.74) is 8.62. The summed E-state index contributed by atoms with van der Waals surface area (Å²) >= 11 is 0. The molecule has 0 saturated carbocycles. The highest BCUT2D eigenvalue weighted by atomic mass is 16.5. The Morgan fingerprint density at radius 3 is 2.90 bits per heavy atom. The fourth-order valence-electron chi connectivity index (χ4n) is 2.17. The molecule has 6 nitrogen and oxygen atoms in total. The van der Waals surface area contributed by atoms with Gasteiger partial charge < -0.3 is 14.9 Å². The van der Waals surface area contributed by atoms with Crippen molar-refractivity contribution in [1.29, 1.82) is 0 Å². The third kappa shape index (κ3) is 2.60. The van der Waals surface area contributed by atoms with Gasteiger partial charge in [0.15, 0.2) is 0 Å². The SMILES string of the molecule is Cc1cc(COC(=O)c2cc3cc(N)ccc3o2)n(C)n1. The van der Waals surface area contributed by atoms with E-state index >= 15 is 0 Å². The van der Waals surface area contributed by atoms with E-state index in [1.807, 2.05) is 13.0 Å². The number of ether oxygens (including phenoxy) is 1. The first-order valence-corrected chi connectivity index (χ1v) is 6.48. The van der Waals surface area contributed by atoms with E-state index in [-0.39, 0.29) is 12.4 Å². The Labute approximate surface area is 121 Å². The van der Waals surface area contributed by atoms with Crippen LogP contribution < -0.4 is 5.73 Å². The van der Waals surface area contributed by atoms with Crippen molar-refractivity contribution in [3.63, 3.8) is 0 Å². The fraction of sp³-hybridized carbons (Fsp3) is 0.200. The van der Waals surface area contributed by atoms with Crippen LogP contribution >= 0.6 is 0 Å². The number of nitrogens with two attached hydrogens (primary N) is 1. The molecule has 0 bridgehead atoms. The summed E-state index contributed by atoms with van der Waals surface area (Å²) in [6, 6.07) is 8.69. The Kier molecular flexibility index (Phi) is 3.13. The van der Waals surface area contributed by atoms with E-state index in [1.165, 1.54) is 0 Å². The zero-order valence-electron chi connectivity index (χ0n) is 11.8. The van der Waals surface area contributed by atoms with Crippen LogP contribution in [0.2, 0.25) is 0 Å². The van der Waals surface area contributed by atoms with Crippen molar-refractivity contribution < 1.29 is 13.9 Å². The number of anilines is 1. The van der Waals surface area contributed by atoms with Crippen molar-refractivity contribution >= 4 is 22.6 Å². The average molecular weight is 285 g/mol. The minimum absolute atomic E-state index is 0.148. The first-order valence-electron chi connectivity index (χ1n) is 6.48. The summed E-state index contributed by atoms with van der Waals surface area (Å²) < 4.78 is 12.4. The van der Waals surface area contributed by atoms with Gasteiger partial charge in [0.2, 0.25) is 5.76 Å². The molecule has 21 heavy (non-hydrogen) atoms. The van der Waals surface area contributed by atoms with E-state index in [2.05, 4.69) is 5.10 Å². The highest BCUT2D eigenvalue weighted by molar-refractivity contribution is 5.93. The first kappa shape index (κ1) is 13.2. The van der Waals surface area contributed by atoms with Crippen LogP contribution in [0.1, 0.15) is 21.9 Å². The Hall–Kier alpha value is -2.76. The lowest BCUT2D eigenvalue weighted by Crippen LogP contribution is -2.07. The molecule has 3 rings (SSSR count). The van der Waals surface area contributed by atoms with E-state index in [1.54, 1.807) is 36.0 Å². The van der Waals surface area contributed by atoms with Crippen molar-refractivity contribution in [2.45, 2.75) is 13.5 Å². The first-order chi connectivity index (χ1) is 10.0. The van der Waals surface area contributed by atoms with Crippen LogP contribution in [0.15, 0.2) is 34.7 Å². The molecule has 0 aliphatic carbocycles. The van der Waals surface area contributed by atoms with Crippen molar-refractivity contribution in [3.05, 3.63) is 47.5 Å². The highest BCUT2D eigenvalue weighted by Crippen LogP contribution is 2.22. The molecule has 2 heterocycles. The van der Waals surface area contributed by atoms with Gasteiger partial charge in [0.1, 0.15) is 12.2 Å². The largest absolute Gasteiger partial charge is 0.453 e. The third-order valence-corrected chi connectivity index (χ3v) is 3.19. The van der Waals surface area contributed by atoms with Gasteiger partial charge in [-0.25, -0.2) is 4.79 Å². The molecule has 0 aliphatic rings. The number of hydrogen-bond acceptors (Lipinski definition) is 5. The summed E-state index contributed by atoms with van der Waals surface area (Å²) in [4.78, 5) is 12.0. The Balaban J connectivity index is 1.76. The van der Waals surface area contributed by atoms with Crippen molar-refractivity contribution in [2.24, 2.45) is 7.05 Å². The minimum Gasteiger partial charge on any atom is -0.453 e. The molecule has 3 aromatic rings. The molecule has 0 radical (unpaired) electrons. The average Bonchev–Trinajstić information content (AvgIpc) is 2.98. The molecule has 0 amide bonds. The fourth-order valence-corrected chi connectivity index (χ4v) is 2.17. The molecule has 2 aromatic heterocycles. The number of nitrogen functional groups attached to an aromatic ring is 1. The molecule has 0 fully saturated rings.